The van der Waals surface area contributed by atoms with Crippen LogP contribution in [0.2, 0.25) is 0 Å². The van der Waals surface area contributed by atoms with Gasteiger partial charge in [0.2, 0.25) is 0 Å². The van der Waals surface area contributed by atoms with E-state index in [0.717, 1.165) is 19.3 Å². The Kier molecular flexibility index (Phi) is 7.10. The Labute approximate surface area is 152 Å². The second-order valence-corrected chi connectivity index (χ2v) is 8.23. The third-order valence-electron chi connectivity index (χ3n) is 6.30. The van der Waals surface area contributed by atoms with Crippen LogP contribution in [0.15, 0.2) is 5.10 Å². The van der Waals surface area contributed by atoms with E-state index in [0.29, 0.717) is 24.0 Å². The van der Waals surface area contributed by atoms with E-state index in [9.17, 15) is 0 Å². The Bertz CT molecular complexity index is 438. The molecule has 3 aliphatic rings. The summed E-state index contributed by atoms with van der Waals surface area (Å²) in [5.41, 5.74) is 10.7. The van der Waals surface area contributed by atoms with Gasteiger partial charge < -0.3 is 10.5 Å². The van der Waals surface area contributed by atoms with Crippen LogP contribution in [0.1, 0.15) is 71.1 Å². The number of ether oxygens (including phenoxy) is 1. The molecular weight excluding hydrogens is 314 g/mol. The van der Waals surface area contributed by atoms with Gasteiger partial charge in [0.1, 0.15) is 6.23 Å². The molecule has 0 bridgehead atoms. The van der Waals surface area contributed by atoms with Crippen LogP contribution in [-0.2, 0) is 4.74 Å². The molecule has 1 heterocycles. The third-order valence-corrected chi connectivity index (χ3v) is 6.30. The zero-order valence-electron chi connectivity index (χ0n) is 16.0. The summed E-state index contributed by atoms with van der Waals surface area (Å²) >= 11 is 0. The Hall–Kier alpha value is -0.690. The Morgan fingerprint density at radius 2 is 1.84 bits per heavy atom. The summed E-state index contributed by atoms with van der Waals surface area (Å²) in [6, 6.07) is 0.342. The van der Waals surface area contributed by atoms with E-state index < -0.39 is 0 Å². The molecular formula is C19H37N5O. The summed E-state index contributed by atoms with van der Waals surface area (Å²) in [4.78, 5) is 0. The summed E-state index contributed by atoms with van der Waals surface area (Å²) in [6.45, 7) is 2.14. The van der Waals surface area contributed by atoms with Crippen molar-refractivity contribution in [2.45, 2.75) is 95.7 Å². The van der Waals surface area contributed by atoms with Crippen LogP contribution in [0.25, 0.3) is 0 Å². The topological polar surface area (TPSA) is 83.7 Å². The van der Waals surface area contributed by atoms with Crippen LogP contribution in [0, 0.1) is 11.8 Å². The second kappa shape index (κ2) is 9.31. The SMILES string of the molecule is COC1CC(N/N=C(\C)C2CCCC(N)C2)NC(C2CCCCC2)N1. The molecule has 1 aliphatic heterocycles. The van der Waals surface area contributed by atoms with E-state index >= 15 is 0 Å². The van der Waals surface area contributed by atoms with Crippen molar-refractivity contribution in [1.29, 1.82) is 0 Å². The molecule has 0 spiro atoms. The summed E-state index contributed by atoms with van der Waals surface area (Å²) < 4.78 is 5.62. The first-order valence-electron chi connectivity index (χ1n) is 10.3. The molecule has 25 heavy (non-hydrogen) atoms. The van der Waals surface area contributed by atoms with Crippen molar-refractivity contribution in [3.63, 3.8) is 0 Å². The van der Waals surface area contributed by atoms with Gasteiger partial charge in [-0.1, -0.05) is 25.7 Å². The molecule has 1 saturated heterocycles. The van der Waals surface area contributed by atoms with Crippen molar-refractivity contribution in [3.05, 3.63) is 0 Å². The fourth-order valence-corrected chi connectivity index (χ4v) is 4.69. The highest BCUT2D eigenvalue weighted by Gasteiger charge is 2.33. The number of rotatable bonds is 5. The van der Waals surface area contributed by atoms with Crippen molar-refractivity contribution >= 4 is 5.71 Å². The molecule has 5 N–H and O–H groups in total. The molecule has 2 aliphatic carbocycles. The second-order valence-electron chi connectivity index (χ2n) is 8.23. The maximum absolute atomic E-state index is 6.13. The Balaban J connectivity index is 1.55. The maximum Gasteiger partial charge on any atom is 0.112 e. The fourth-order valence-electron chi connectivity index (χ4n) is 4.69. The van der Waals surface area contributed by atoms with Crippen LogP contribution < -0.4 is 21.8 Å². The molecule has 2 saturated carbocycles. The average Bonchev–Trinajstić information content (AvgIpc) is 2.66. The summed E-state index contributed by atoms with van der Waals surface area (Å²) in [7, 11) is 1.79. The van der Waals surface area contributed by atoms with Gasteiger partial charge in [0, 0.05) is 31.2 Å². The van der Waals surface area contributed by atoms with Gasteiger partial charge in [-0.2, -0.15) is 5.10 Å². The Morgan fingerprint density at radius 1 is 1.04 bits per heavy atom. The van der Waals surface area contributed by atoms with Gasteiger partial charge in [0.25, 0.3) is 0 Å². The number of nitrogens with zero attached hydrogens (tertiary/aromatic N) is 1. The van der Waals surface area contributed by atoms with Crippen molar-refractivity contribution in [3.8, 4) is 0 Å². The molecule has 0 aromatic heterocycles. The summed E-state index contributed by atoms with van der Waals surface area (Å²) in [6.07, 6.45) is 12.8. The number of hydrazone groups is 1. The minimum atomic E-state index is 0.0873. The smallest absolute Gasteiger partial charge is 0.112 e. The van der Waals surface area contributed by atoms with E-state index in [2.05, 4.69) is 23.0 Å². The van der Waals surface area contributed by atoms with E-state index in [4.69, 9.17) is 15.6 Å². The van der Waals surface area contributed by atoms with Crippen molar-refractivity contribution in [1.82, 2.24) is 16.1 Å². The molecule has 144 valence electrons. The Morgan fingerprint density at radius 3 is 2.56 bits per heavy atom. The van der Waals surface area contributed by atoms with Crippen LogP contribution in [0.5, 0.6) is 0 Å². The van der Waals surface area contributed by atoms with Crippen molar-refractivity contribution in [2.24, 2.45) is 22.7 Å². The van der Waals surface area contributed by atoms with Crippen LogP contribution >= 0.6 is 0 Å². The van der Waals surface area contributed by atoms with Crippen LogP contribution in [0.3, 0.4) is 0 Å². The average molecular weight is 352 g/mol. The van der Waals surface area contributed by atoms with E-state index in [-0.39, 0.29) is 12.4 Å². The predicted molar refractivity (Wildman–Crippen MR) is 102 cm³/mol. The fraction of sp³-hybridized carbons (Fsp3) is 0.947. The molecule has 6 heteroatoms. The highest BCUT2D eigenvalue weighted by Crippen LogP contribution is 2.28. The number of nitrogens with two attached hydrogens (primary N) is 1. The summed E-state index contributed by atoms with van der Waals surface area (Å²) in [5.74, 6) is 1.22. The number of hydrogen-bond acceptors (Lipinski definition) is 6. The monoisotopic (exact) mass is 351 g/mol. The molecule has 3 rings (SSSR count). The first-order valence-corrected chi connectivity index (χ1v) is 10.3. The molecule has 0 amide bonds. The first-order chi connectivity index (χ1) is 12.2. The lowest BCUT2D eigenvalue weighted by Gasteiger charge is -2.41. The van der Waals surface area contributed by atoms with Gasteiger partial charge in [-0.25, -0.2) is 0 Å². The van der Waals surface area contributed by atoms with Gasteiger partial charge in [-0.05, 0) is 44.9 Å². The van der Waals surface area contributed by atoms with Crippen LogP contribution in [0.4, 0.5) is 0 Å². The highest BCUT2D eigenvalue weighted by molar-refractivity contribution is 5.84. The molecule has 3 fully saturated rings. The third kappa shape index (κ3) is 5.39. The molecule has 5 unspecified atom stereocenters. The molecule has 6 nitrogen and oxygen atoms in total. The van der Waals surface area contributed by atoms with Gasteiger partial charge in [0.05, 0.1) is 12.3 Å². The molecule has 0 aromatic rings. The number of hydrogen-bond donors (Lipinski definition) is 4. The zero-order valence-corrected chi connectivity index (χ0v) is 16.0. The number of methoxy groups -OCH3 is 1. The molecule has 5 atom stereocenters. The summed E-state index contributed by atoms with van der Waals surface area (Å²) in [5, 5.41) is 12.1. The molecule has 0 aromatic carbocycles. The lowest BCUT2D eigenvalue weighted by molar-refractivity contribution is -0.00385. The van der Waals surface area contributed by atoms with E-state index in [1.54, 1.807) is 7.11 Å². The first kappa shape index (κ1) is 19.1. The minimum Gasteiger partial charge on any atom is -0.366 e. The minimum absolute atomic E-state index is 0.0873. The maximum atomic E-state index is 6.13. The zero-order chi connectivity index (χ0) is 17.6. The molecule has 0 radical (unpaired) electrons. The van der Waals surface area contributed by atoms with Gasteiger partial charge in [-0.15, -0.1) is 0 Å². The normalized spacial score (nSPS) is 38.5. The standard InChI is InChI=1S/C19H37N5O/c1-13(15-9-6-10-16(20)11-15)23-24-17-12-18(25-2)22-19(21-17)14-7-4-3-5-8-14/h14-19,21-22,24H,3-12,20H2,1-2H3/b23-13+. The lowest BCUT2D eigenvalue weighted by atomic mass is 9.83. The van der Waals surface area contributed by atoms with Gasteiger partial charge in [0.15, 0.2) is 0 Å². The van der Waals surface area contributed by atoms with Crippen molar-refractivity contribution < 1.29 is 4.74 Å². The van der Waals surface area contributed by atoms with Gasteiger partial charge >= 0.3 is 0 Å². The largest absolute Gasteiger partial charge is 0.366 e. The number of nitrogens with one attached hydrogen (secondary N) is 3. The van der Waals surface area contributed by atoms with E-state index in [1.165, 1.54) is 50.7 Å². The van der Waals surface area contributed by atoms with Crippen molar-refractivity contribution in [2.75, 3.05) is 7.11 Å². The quantitative estimate of drug-likeness (QED) is 0.451. The predicted octanol–water partition coefficient (Wildman–Crippen LogP) is 2.26. The van der Waals surface area contributed by atoms with Crippen LogP contribution in [-0.4, -0.2) is 37.4 Å². The lowest BCUT2D eigenvalue weighted by Crippen LogP contribution is -2.64. The highest BCUT2D eigenvalue weighted by atomic mass is 16.5. The van der Waals surface area contributed by atoms with Gasteiger partial charge in [-0.3, -0.25) is 16.1 Å². The van der Waals surface area contributed by atoms with E-state index in [1.807, 2.05) is 0 Å².